The van der Waals surface area contributed by atoms with Gasteiger partial charge in [-0.1, -0.05) is 42.5 Å². The van der Waals surface area contributed by atoms with Gasteiger partial charge < -0.3 is 9.80 Å². The Hall–Kier alpha value is -2.44. The summed E-state index contributed by atoms with van der Waals surface area (Å²) in [6, 6.07) is 19.8. The first kappa shape index (κ1) is 20.5. The molecule has 1 aromatic heterocycles. The number of nitrogens with zero attached hydrogens (tertiary/aromatic N) is 2. The number of carbonyl (C=O) groups excluding carboxylic acids is 2. The van der Waals surface area contributed by atoms with Crippen molar-refractivity contribution < 1.29 is 9.59 Å². The van der Waals surface area contributed by atoms with Gasteiger partial charge in [-0.25, -0.2) is 0 Å². The molecule has 1 saturated carbocycles. The molecule has 0 radical (unpaired) electrons. The lowest BCUT2D eigenvalue weighted by atomic mass is 9.93. The summed E-state index contributed by atoms with van der Waals surface area (Å²) in [4.78, 5) is 32.0. The highest BCUT2D eigenvalue weighted by atomic mass is 79.9. The minimum absolute atomic E-state index is 0.0120. The standard InChI is InChI=1S/C25H23BrN2O2S/c26-21-9-5-4-8-19(21)25(30)28(18-10-11-18)16-23(29)27-14-12-22-20(13-15-31-22)24(27)17-6-2-1-3-7-17/h1-9,13,15,18,24H,10-12,14,16H2/t24-/m0/s1. The first-order valence-corrected chi connectivity index (χ1v) is 12.3. The van der Waals surface area contributed by atoms with Gasteiger partial charge in [-0.3, -0.25) is 9.59 Å². The molecular formula is C25H23BrN2O2S. The molecule has 1 aliphatic heterocycles. The Morgan fingerprint density at radius 3 is 2.52 bits per heavy atom. The van der Waals surface area contributed by atoms with Crippen LogP contribution in [0.5, 0.6) is 0 Å². The van der Waals surface area contributed by atoms with E-state index in [1.807, 2.05) is 47.4 Å². The van der Waals surface area contributed by atoms with Crippen molar-refractivity contribution in [2.24, 2.45) is 0 Å². The fourth-order valence-corrected chi connectivity index (χ4v) is 5.72. The number of fused-ring (bicyclic) bond motifs is 1. The molecule has 2 heterocycles. The van der Waals surface area contributed by atoms with Crippen LogP contribution in [0.25, 0.3) is 0 Å². The topological polar surface area (TPSA) is 40.6 Å². The van der Waals surface area contributed by atoms with Crippen LogP contribution in [-0.4, -0.2) is 40.7 Å². The molecule has 1 atom stereocenters. The van der Waals surface area contributed by atoms with E-state index in [0.717, 1.165) is 29.3 Å². The van der Waals surface area contributed by atoms with Crippen LogP contribution >= 0.6 is 27.3 Å². The van der Waals surface area contributed by atoms with E-state index in [-0.39, 0.29) is 30.4 Å². The van der Waals surface area contributed by atoms with Crippen molar-refractivity contribution in [2.75, 3.05) is 13.1 Å². The minimum Gasteiger partial charge on any atom is -0.330 e. The lowest BCUT2D eigenvalue weighted by molar-refractivity contribution is -0.134. The number of rotatable bonds is 5. The third-order valence-electron chi connectivity index (χ3n) is 6.06. The molecule has 2 aliphatic rings. The molecule has 0 bridgehead atoms. The molecule has 5 rings (SSSR count). The number of halogens is 1. The highest BCUT2D eigenvalue weighted by molar-refractivity contribution is 9.10. The summed E-state index contributed by atoms with van der Waals surface area (Å²) >= 11 is 5.25. The van der Waals surface area contributed by atoms with Gasteiger partial charge in [0.2, 0.25) is 5.91 Å². The number of hydrogen-bond donors (Lipinski definition) is 0. The van der Waals surface area contributed by atoms with E-state index < -0.39 is 0 Å². The Kier molecular flexibility index (Phi) is 5.67. The van der Waals surface area contributed by atoms with E-state index in [1.54, 1.807) is 16.2 Å². The number of thiophene rings is 1. The van der Waals surface area contributed by atoms with Crippen LogP contribution in [-0.2, 0) is 11.2 Å². The summed E-state index contributed by atoms with van der Waals surface area (Å²) in [5, 5.41) is 2.11. The lowest BCUT2D eigenvalue weighted by Crippen LogP contribution is -2.47. The number of hydrogen-bond acceptors (Lipinski definition) is 3. The second-order valence-corrected chi connectivity index (χ2v) is 9.95. The van der Waals surface area contributed by atoms with Crippen molar-refractivity contribution in [2.45, 2.75) is 31.3 Å². The Morgan fingerprint density at radius 2 is 1.77 bits per heavy atom. The van der Waals surface area contributed by atoms with Crippen LogP contribution < -0.4 is 0 Å². The van der Waals surface area contributed by atoms with Crippen LogP contribution in [0.15, 0.2) is 70.5 Å². The molecule has 0 saturated heterocycles. The second kappa shape index (κ2) is 8.60. The Morgan fingerprint density at radius 1 is 1.03 bits per heavy atom. The van der Waals surface area contributed by atoms with E-state index in [0.29, 0.717) is 12.1 Å². The SMILES string of the molecule is O=C(c1ccccc1Br)N(CC(=O)N1CCc2sccc2[C@@H]1c1ccccc1)C1CC1. The summed E-state index contributed by atoms with van der Waals surface area (Å²) in [7, 11) is 0. The molecule has 1 aliphatic carbocycles. The van der Waals surface area contributed by atoms with Gasteiger partial charge in [0.25, 0.3) is 5.91 Å². The summed E-state index contributed by atoms with van der Waals surface area (Å²) in [6.45, 7) is 0.793. The van der Waals surface area contributed by atoms with Crippen LogP contribution in [0.4, 0.5) is 0 Å². The first-order chi connectivity index (χ1) is 15.1. The zero-order chi connectivity index (χ0) is 21.4. The highest BCUT2D eigenvalue weighted by Gasteiger charge is 2.38. The number of amides is 2. The van der Waals surface area contributed by atoms with Crippen LogP contribution in [0.3, 0.4) is 0 Å². The second-order valence-electron chi connectivity index (χ2n) is 8.09. The van der Waals surface area contributed by atoms with E-state index in [1.165, 1.54) is 10.4 Å². The summed E-state index contributed by atoms with van der Waals surface area (Å²) in [5.74, 6) is -0.0641. The first-order valence-electron chi connectivity index (χ1n) is 10.6. The smallest absolute Gasteiger partial charge is 0.255 e. The summed E-state index contributed by atoms with van der Waals surface area (Å²) in [6.07, 6.45) is 2.78. The predicted molar refractivity (Wildman–Crippen MR) is 126 cm³/mol. The monoisotopic (exact) mass is 494 g/mol. The average molecular weight is 495 g/mol. The number of benzene rings is 2. The van der Waals surface area contributed by atoms with Crippen molar-refractivity contribution in [1.82, 2.24) is 9.80 Å². The Labute approximate surface area is 194 Å². The van der Waals surface area contributed by atoms with Crippen molar-refractivity contribution in [3.63, 3.8) is 0 Å². The average Bonchev–Trinajstić information content (AvgIpc) is 3.53. The van der Waals surface area contributed by atoms with Crippen molar-refractivity contribution in [1.29, 1.82) is 0 Å². The van der Waals surface area contributed by atoms with Crippen LogP contribution in [0, 0.1) is 0 Å². The predicted octanol–water partition coefficient (Wildman–Crippen LogP) is 5.29. The zero-order valence-corrected chi connectivity index (χ0v) is 19.4. The molecule has 31 heavy (non-hydrogen) atoms. The highest BCUT2D eigenvalue weighted by Crippen LogP contribution is 2.38. The molecule has 6 heteroatoms. The number of carbonyl (C=O) groups is 2. The van der Waals surface area contributed by atoms with Crippen molar-refractivity contribution >= 4 is 39.1 Å². The molecule has 0 N–H and O–H groups in total. The van der Waals surface area contributed by atoms with Crippen LogP contribution in [0.1, 0.15) is 45.2 Å². The molecular weight excluding hydrogens is 472 g/mol. The molecule has 2 amide bonds. The quantitative estimate of drug-likeness (QED) is 0.483. The lowest BCUT2D eigenvalue weighted by Gasteiger charge is -2.37. The van der Waals surface area contributed by atoms with Gasteiger partial charge in [-0.05, 0) is 69.9 Å². The fraction of sp³-hybridized carbons (Fsp3) is 0.280. The summed E-state index contributed by atoms with van der Waals surface area (Å²) in [5.41, 5.74) is 2.94. The maximum atomic E-state index is 13.6. The third-order valence-corrected chi connectivity index (χ3v) is 7.75. The van der Waals surface area contributed by atoms with E-state index in [9.17, 15) is 9.59 Å². The zero-order valence-electron chi connectivity index (χ0n) is 17.0. The summed E-state index contributed by atoms with van der Waals surface area (Å²) < 4.78 is 0.765. The Balaban J connectivity index is 1.43. The minimum atomic E-state index is -0.0942. The van der Waals surface area contributed by atoms with Gasteiger partial charge in [0, 0.05) is 21.9 Å². The molecule has 158 valence electrons. The molecule has 2 aromatic carbocycles. The fourth-order valence-electron chi connectivity index (χ4n) is 4.36. The molecule has 3 aromatic rings. The van der Waals surface area contributed by atoms with Gasteiger partial charge in [-0.15, -0.1) is 11.3 Å². The molecule has 0 spiro atoms. The van der Waals surface area contributed by atoms with Gasteiger partial charge >= 0.3 is 0 Å². The largest absolute Gasteiger partial charge is 0.330 e. The van der Waals surface area contributed by atoms with Crippen molar-refractivity contribution in [3.05, 3.63) is 92.1 Å². The third kappa shape index (κ3) is 4.06. The van der Waals surface area contributed by atoms with Gasteiger partial charge in [0.05, 0.1) is 11.6 Å². The Bertz CT molecular complexity index is 1110. The van der Waals surface area contributed by atoms with Gasteiger partial charge in [0.15, 0.2) is 0 Å². The van der Waals surface area contributed by atoms with E-state index >= 15 is 0 Å². The maximum absolute atomic E-state index is 13.6. The van der Waals surface area contributed by atoms with Gasteiger partial charge in [0.1, 0.15) is 6.54 Å². The normalized spacial score (nSPS) is 17.8. The van der Waals surface area contributed by atoms with Gasteiger partial charge in [-0.2, -0.15) is 0 Å². The van der Waals surface area contributed by atoms with Crippen molar-refractivity contribution in [3.8, 4) is 0 Å². The van der Waals surface area contributed by atoms with E-state index in [2.05, 4.69) is 39.5 Å². The molecule has 0 unspecified atom stereocenters. The molecule has 1 fully saturated rings. The van der Waals surface area contributed by atoms with Crippen LogP contribution in [0.2, 0.25) is 0 Å². The maximum Gasteiger partial charge on any atom is 0.255 e. The van der Waals surface area contributed by atoms with E-state index in [4.69, 9.17) is 0 Å². The molecule has 4 nitrogen and oxygen atoms in total.